The zero-order valence-corrected chi connectivity index (χ0v) is 14.0. The van der Waals surface area contributed by atoms with E-state index in [1.807, 2.05) is 13.8 Å². The van der Waals surface area contributed by atoms with E-state index in [0.29, 0.717) is 17.6 Å². The Labute approximate surface area is 130 Å². The maximum Gasteiger partial charge on any atom is 0.266 e. The molecule has 0 aliphatic carbocycles. The van der Waals surface area contributed by atoms with Crippen molar-refractivity contribution in [2.45, 2.75) is 18.7 Å². The van der Waals surface area contributed by atoms with Gasteiger partial charge in [-0.3, -0.25) is 9.63 Å². The van der Waals surface area contributed by atoms with Gasteiger partial charge in [0.05, 0.1) is 12.1 Å². The molecule has 1 amide bonds. The number of nitrogens with zero attached hydrogens (tertiary/aromatic N) is 2. The fourth-order valence-corrected chi connectivity index (χ4v) is 3.24. The number of halogens is 1. The molecule has 0 aromatic heterocycles. The minimum Gasteiger partial charge on any atom is -0.339 e. The van der Waals surface area contributed by atoms with E-state index in [1.54, 1.807) is 4.90 Å². The minimum atomic E-state index is -3.91. The predicted octanol–water partition coefficient (Wildman–Crippen LogP) is 2.00. The first-order chi connectivity index (χ1) is 9.79. The summed E-state index contributed by atoms with van der Waals surface area (Å²) in [5, 5.41) is 0.0370. The van der Waals surface area contributed by atoms with Crippen LogP contribution in [0.2, 0.25) is 5.02 Å². The molecule has 0 aliphatic rings. The normalized spacial score (nSPS) is 11.7. The number of hydrogen-bond donors (Lipinski definition) is 0. The van der Waals surface area contributed by atoms with Crippen molar-refractivity contribution in [2.75, 3.05) is 27.2 Å². The van der Waals surface area contributed by atoms with Gasteiger partial charge in [0.1, 0.15) is 4.90 Å². The van der Waals surface area contributed by atoms with Gasteiger partial charge in [0.15, 0.2) is 0 Å². The van der Waals surface area contributed by atoms with Crippen molar-refractivity contribution in [3.63, 3.8) is 0 Å². The van der Waals surface area contributed by atoms with Gasteiger partial charge in [0, 0.05) is 25.7 Å². The van der Waals surface area contributed by atoms with Gasteiger partial charge in [0.2, 0.25) is 0 Å². The van der Waals surface area contributed by atoms with Crippen molar-refractivity contribution in [2.24, 2.45) is 0 Å². The van der Waals surface area contributed by atoms with Crippen LogP contribution in [0.25, 0.3) is 0 Å². The van der Waals surface area contributed by atoms with Crippen LogP contribution in [0.15, 0.2) is 23.1 Å². The third-order valence-corrected chi connectivity index (χ3v) is 5.26. The first kappa shape index (κ1) is 17.9. The van der Waals surface area contributed by atoms with Crippen LogP contribution < -0.4 is 0 Å². The highest BCUT2D eigenvalue weighted by Gasteiger charge is 2.25. The zero-order chi connectivity index (χ0) is 16.2. The van der Waals surface area contributed by atoms with Crippen LogP contribution in [-0.4, -0.2) is 50.9 Å². The molecule has 0 spiro atoms. The summed E-state index contributed by atoms with van der Waals surface area (Å²) in [7, 11) is -1.42. The second-order valence-electron chi connectivity index (χ2n) is 4.22. The van der Waals surface area contributed by atoms with Gasteiger partial charge in [0.25, 0.3) is 15.9 Å². The SMILES string of the molecule is CCN(CC)C(=O)c1ccc(Cl)c(S(=O)(=O)N(C)OC)c1. The molecular formula is C13H19ClN2O4S. The monoisotopic (exact) mass is 334 g/mol. The molecule has 8 heteroatoms. The molecule has 0 bridgehead atoms. The summed E-state index contributed by atoms with van der Waals surface area (Å²) in [6.45, 7) is 4.79. The Bertz CT molecular complexity index is 615. The molecule has 0 radical (unpaired) electrons. The lowest BCUT2D eigenvalue weighted by atomic mass is 10.2. The quantitative estimate of drug-likeness (QED) is 0.746. The molecule has 0 saturated carbocycles. The van der Waals surface area contributed by atoms with E-state index in [4.69, 9.17) is 16.4 Å². The lowest BCUT2D eigenvalue weighted by molar-refractivity contribution is -0.0258. The fraction of sp³-hybridized carbons (Fsp3) is 0.462. The molecule has 118 valence electrons. The standard InChI is InChI=1S/C13H19ClN2O4S/c1-5-16(6-2)13(17)10-7-8-11(14)12(9-10)21(18,19)15(3)20-4/h7-9H,5-6H2,1-4H3. The van der Waals surface area contributed by atoms with Gasteiger partial charge in [-0.2, -0.15) is 0 Å². The first-order valence-corrected chi connectivity index (χ1v) is 8.23. The fourth-order valence-electron chi connectivity index (χ4n) is 1.76. The second-order valence-corrected chi connectivity index (χ2v) is 6.53. The Morgan fingerprint density at radius 2 is 1.86 bits per heavy atom. The average molecular weight is 335 g/mol. The number of hydroxylamine groups is 1. The maximum absolute atomic E-state index is 12.3. The Hall–Kier alpha value is -1.15. The molecule has 21 heavy (non-hydrogen) atoms. The summed E-state index contributed by atoms with van der Waals surface area (Å²) in [4.78, 5) is 18.4. The minimum absolute atomic E-state index is 0.0370. The number of benzene rings is 1. The van der Waals surface area contributed by atoms with Crippen molar-refractivity contribution < 1.29 is 18.0 Å². The maximum atomic E-state index is 12.3. The highest BCUT2D eigenvalue weighted by Crippen LogP contribution is 2.25. The predicted molar refractivity (Wildman–Crippen MR) is 80.7 cm³/mol. The van der Waals surface area contributed by atoms with Gasteiger partial charge in [-0.15, -0.1) is 0 Å². The number of sulfonamides is 1. The van der Waals surface area contributed by atoms with E-state index in [-0.39, 0.29) is 21.4 Å². The molecule has 0 fully saturated rings. The van der Waals surface area contributed by atoms with Crippen LogP contribution in [0.3, 0.4) is 0 Å². The third kappa shape index (κ3) is 3.74. The molecule has 1 rings (SSSR count). The number of carbonyl (C=O) groups is 1. The van der Waals surface area contributed by atoms with Crippen molar-refractivity contribution in [1.82, 2.24) is 9.37 Å². The van der Waals surface area contributed by atoms with Gasteiger partial charge < -0.3 is 4.90 Å². The second kappa shape index (κ2) is 7.22. The Morgan fingerprint density at radius 1 is 1.29 bits per heavy atom. The molecule has 0 heterocycles. The van der Waals surface area contributed by atoms with E-state index in [0.717, 1.165) is 0 Å². The van der Waals surface area contributed by atoms with E-state index < -0.39 is 10.0 Å². The highest BCUT2D eigenvalue weighted by atomic mass is 35.5. The van der Waals surface area contributed by atoms with Crippen molar-refractivity contribution in [3.05, 3.63) is 28.8 Å². The van der Waals surface area contributed by atoms with Crippen molar-refractivity contribution in [1.29, 1.82) is 0 Å². The summed E-state index contributed by atoms with van der Waals surface area (Å²) < 4.78 is 25.2. The van der Waals surface area contributed by atoms with Crippen molar-refractivity contribution >= 4 is 27.5 Å². The van der Waals surface area contributed by atoms with Gasteiger partial charge in [-0.1, -0.05) is 16.1 Å². The topological polar surface area (TPSA) is 66.9 Å². The molecule has 0 unspecified atom stereocenters. The third-order valence-electron chi connectivity index (χ3n) is 3.10. The molecule has 6 nitrogen and oxygen atoms in total. The molecule has 1 aromatic carbocycles. The van der Waals surface area contributed by atoms with Gasteiger partial charge in [-0.25, -0.2) is 8.42 Å². The summed E-state index contributed by atoms with van der Waals surface area (Å²) in [5.41, 5.74) is 0.270. The first-order valence-electron chi connectivity index (χ1n) is 6.41. The molecule has 0 aliphatic heterocycles. The molecule has 0 atom stereocenters. The lowest BCUT2D eigenvalue weighted by Crippen LogP contribution is -2.31. The Kier molecular flexibility index (Phi) is 6.15. The van der Waals surface area contributed by atoms with Gasteiger partial charge in [-0.05, 0) is 32.0 Å². The van der Waals surface area contributed by atoms with Crippen LogP contribution in [0.1, 0.15) is 24.2 Å². The molecule has 0 saturated heterocycles. The summed E-state index contributed by atoms with van der Waals surface area (Å²) in [5.74, 6) is -0.242. The van der Waals surface area contributed by atoms with Crippen LogP contribution in [0.4, 0.5) is 0 Å². The molecule has 0 N–H and O–H groups in total. The van der Waals surface area contributed by atoms with E-state index in [2.05, 4.69) is 0 Å². The van der Waals surface area contributed by atoms with E-state index in [9.17, 15) is 13.2 Å². The average Bonchev–Trinajstić information content (AvgIpc) is 2.47. The van der Waals surface area contributed by atoms with Crippen LogP contribution >= 0.6 is 11.6 Å². The summed E-state index contributed by atoms with van der Waals surface area (Å²) in [6, 6.07) is 4.18. The lowest BCUT2D eigenvalue weighted by Gasteiger charge is -2.20. The van der Waals surface area contributed by atoms with E-state index in [1.165, 1.54) is 32.4 Å². The Morgan fingerprint density at radius 3 is 2.33 bits per heavy atom. The number of amides is 1. The highest BCUT2D eigenvalue weighted by molar-refractivity contribution is 7.89. The number of carbonyl (C=O) groups excluding carboxylic acids is 1. The summed E-state index contributed by atoms with van der Waals surface area (Å²) >= 11 is 5.95. The smallest absolute Gasteiger partial charge is 0.266 e. The van der Waals surface area contributed by atoms with Gasteiger partial charge >= 0.3 is 0 Å². The van der Waals surface area contributed by atoms with Crippen molar-refractivity contribution in [3.8, 4) is 0 Å². The number of rotatable bonds is 6. The summed E-state index contributed by atoms with van der Waals surface area (Å²) in [6.07, 6.45) is 0. The Balaban J connectivity index is 3.32. The van der Waals surface area contributed by atoms with Crippen LogP contribution in [0.5, 0.6) is 0 Å². The molecular weight excluding hydrogens is 316 g/mol. The largest absolute Gasteiger partial charge is 0.339 e. The molecule has 1 aromatic rings. The van der Waals surface area contributed by atoms with Crippen LogP contribution in [-0.2, 0) is 14.9 Å². The van der Waals surface area contributed by atoms with Crippen LogP contribution in [0, 0.1) is 0 Å². The number of hydrogen-bond acceptors (Lipinski definition) is 4. The van der Waals surface area contributed by atoms with E-state index >= 15 is 0 Å². The zero-order valence-electron chi connectivity index (χ0n) is 12.5.